The van der Waals surface area contributed by atoms with Gasteiger partial charge in [0.2, 0.25) is 11.1 Å². The van der Waals surface area contributed by atoms with E-state index >= 15 is 0 Å². The monoisotopic (exact) mass is 459 g/mol. The van der Waals surface area contributed by atoms with Gasteiger partial charge in [-0.05, 0) is 48.9 Å². The summed E-state index contributed by atoms with van der Waals surface area (Å²) in [6.07, 6.45) is 0. The third-order valence-corrected chi connectivity index (χ3v) is 6.19. The average molecular weight is 460 g/mol. The minimum atomic E-state index is -0.423. The van der Waals surface area contributed by atoms with Gasteiger partial charge in [-0.25, -0.2) is 4.68 Å². The van der Waals surface area contributed by atoms with Crippen molar-refractivity contribution in [3.05, 3.63) is 64.4 Å². The van der Waals surface area contributed by atoms with Crippen LogP contribution in [0.25, 0.3) is 0 Å². The largest absolute Gasteiger partial charge is 0.497 e. The van der Waals surface area contributed by atoms with E-state index < -0.39 is 5.25 Å². The molecule has 1 aliphatic heterocycles. The van der Waals surface area contributed by atoms with Crippen molar-refractivity contribution in [1.29, 1.82) is 0 Å². The molecule has 9 heteroatoms. The summed E-state index contributed by atoms with van der Waals surface area (Å²) in [5, 5.41) is 11.5. The van der Waals surface area contributed by atoms with Gasteiger partial charge in [0.25, 0.3) is 0 Å². The number of ether oxygens (including phenoxy) is 1. The third-order valence-electron chi connectivity index (χ3n) is 4.44. The molecule has 0 saturated heterocycles. The molecule has 0 saturated carbocycles. The Morgan fingerprint density at radius 1 is 1.18 bits per heavy atom. The van der Waals surface area contributed by atoms with E-state index in [1.165, 1.54) is 11.8 Å². The van der Waals surface area contributed by atoms with E-state index in [2.05, 4.69) is 36.9 Å². The standard InChI is InChI=1S/C19H18BrN5O2S/c1-11-22-23-19-25(11)24-16(12-3-9-15(27-2)10-4-12)17(28-19)18(26)21-14-7-5-13(20)6-8-14/h3-10,16-17,24H,1-2H3,(H,21,26)/t16-,17+/m0/s1. The smallest absolute Gasteiger partial charge is 0.240 e. The van der Waals surface area contributed by atoms with Crippen LogP contribution in [0.3, 0.4) is 0 Å². The van der Waals surface area contributed by atoms with Crippen LogP contribution in [-0.2, 0) is 4.79 Å². The summed E-state index contributed by atoms with van der Waals surface area (Å²) in [7, 11) is 1.63. The summed E-state index contributed by atoms with van der Waals surface area (Å²) in [5.74, 6) is 1.41. The molecule has 7 nitrogen and oxygen atoms in total. The number of halogens is 1. The first-order chi connectivity index (χ1) is 13.5. The zero-order chi connectivity index (χ0) is 19.7. The normalized spacial score (nSPS) is 18.1. The molecule has 4 rings (SSSR count). The summed E-state index contributed by atoms with van der Waals surface area (Å²) in [6.45, 7) is 1.87. The Hall–Kier alpha value is -2.52. The van der Waals surface area contributed by atoms with Gasteiger partial charge in [0, 0.05) is 10.2 Å². The van der Waals surface area contributed by atoms with Crippen LogP contribution in [0.15, 0.2) is 58.2 Å². The van der Waals surface area contributed by atoms with Crippen molar-refractivity contribution < 1.29 is 9.53 Å². The van der Waals surface area contributed by atoms with Gasteiger partial charge in [-0.2, -0.15) is 0 Å². The first kappa shape index (κ1) is 18.8. The lowest BCUT2D eigenvalue weighted by molar-refractivity contribution is -0.116. The maximum absolute atomic E-state index is 13.1. The van der Waals surface area contributed by atoms with Crippen molar-refractivity contribution in [3.8, 4) is 5.75 Å². The van der Waals surface area contributed by atoms with E-state index in [0.29, 0.717) is 5.16 Å². The quantitative estimate of drug-likeness (QED) is 0.618. The number of anilines is 1. The molecule has 1 aliphatic rings. The molecule has 0 spiro atoms. The number of benzene rings is 2. The number of carbonyl (C=O) groups excluding carboxylic acids is 1. The van der Waals surface area contributed by atoms with Crippen molar-refractivity contribution >= 4 is 39.3 Å². The molecule has 1 amide bonds. The lowest BCUT2D eigenvalue weighted by Crippen LogP contribution is -2.41. The summed E-state index contributed by atoms with van der Waals surface area (Å²) >= 11 is 4.80. The minimum absolute atomic E-state index is 0.104. The number of carbonyl (C=O) groups is 1. The predicted octanol–water partition coefficient (Wildman–Crippen LogP) is 3.76. The van der Waals surface area contributed by atoms with Crippen molar-refractivity contribution in [1.82, 2.24) is 14.9 Å². The van der Waals surface area contributed by atoms with Crippen LogP contribution in [0, 0.1) is 6.92 Å². The lowest BCUT2D eigenvalue weighted by Gasteiger charge is -2.32. The number of amides is 1. The fraction of sp³-hybridized carbons (Fsp3) is 0.211. The van der Waals surface area contributed by atoms with Gasteiger partial charge >= 0.3 is 0 Å². The van der Waals surface area contributed by atoms with E-state index in [0.717, 1.165) is 27.3 Å². The van der Waals surface area contributed by atoms with E-state index in [4.69, 9.17) is 4.74 Å². The fourth-order valence-electron chi connectivity index (χ4n) is 2.97. The highest BCUT2D eigenvalue weighted by molar-refractivity contribution is 9.10. The van der Waals surface area contributed by atoms with E-state index in [9.17, 15) is 4.79 Å². The van der Waals surface area contributed by atoms with Gasteiger partial charge in [0.05, 0.1) is 13.2 Å². The first-order valence-corrected chi connectivity index (χ1v) is 10.3. The molecule has 3 aromatic rings. The zero-order valence-electron chi connectivity index (χ0n) is 15.2. The molecule has 0 fully saturated rings. The number of rotatable bonds is 4. The molecule has 1 aromatic heterocycles. The molecular formula is C19H18BrN5O2S. The molecule has 2 N–H and O–H groups in total. The Labute approximate surface area is 175 Å². The number of aromatic nitrogens is 3. The Kier molecular flexibility index (Phi) is 5.27. The first-order valence-electron chi connectivity index (χ1n) is 8.61. The van der Waals surface area contributed by atoms with Gasteiger partial charge in [-0.3, -0.25) is 4.79 Å². The van der Waals surface area contributed by atoms with Gasteiger partial charge in [-0.1, -0.05) is 39.8 Å². The maximum atomic E-state index is 13.1. The Morgan fingerprint density at radius 2 is 1.89 bits per heavy atom. The number of hydrogen-bond acceptors (Lipinski definition) is 6. The average Bonchev–Trinajstić information content (AvgIpc) is 3.09. The second kappa shape index (κ2) is 7.84. The van der Waals surface area contributed by atoms with Crippen LogP contribution in [-0.4, -0.2) is 33.1 Å². The van der Waals surface area contributed by atoms with Crippen molar-refractivity contribution in [2.75, 3.05) is 17.9 Å². The van der Waals surface area contributed by atoms with Gasteiger partial charge in [-0.15, -0.1) is 10.2 Å². The molecule has 2 aromatic carbocycles. The Morgan fingerprint density at radius 3 is 2.57 bits per heavy atom. The van der Waals surface area contributed by atoms with E-state index in [1.54, 1.807) is 7.11 Å². The third kappa shape index (κ3) is 3.72. The number of fused-ring (bicyclic) bond motifs is 1. The molecule has 28 heavy (non-hydrogen) atoms. The van der Waals surface area contributed by atoms with Crippen molar-refractivity contribution in [3.63, 3.8) is 0 Å². The molecule has 0 radical (unpaired) electrons. The molecule has 0 aliphatic carbocycles. The highest BCUT2D eigenvalue weighted by atomic mass is 79.9. The molecule has 0 bridgehead atoms. The molecular weight excluding hydrogens is 442 g/mol. The highest BCUT2D eigenvalue weighted by Gasteiger charge is 2.37. The number of methoxy groups -OCH3 is 1. The molecule has 144 valence electrons. The Balaban J connectivity index is 1.64. The molecule has 0 unspecified atom stereocenters. The number of nitrogens with one attached hydrogen (secondary N) is 2. The number of nitrogens with zero attached hydrogens (tertiary/aromatic N) is 3. The van der Waals surface area contributed by atoms with E-state index in [-0.39, 0.29) is 11.9 Å². The van der Waals surface area contributed by atoms with Crippen LogP contribution in [0.2, 0.25) is 0 Å². The van der Waals surface area contributed by atoms with E-state index in [1.807, 2.05) is 60.1 Å². The van der Waals surface area contributed by atoms with Crippen molar-refractivity contribution in [2.45, 2.75) is 23.4 Å². The van der Waals surface area contributed by atoms with Gasteiger partial charge in [0.1, 0.15) is 16.8 Å². The van der Waals surface area contributed by atoms with Crippen molar-refractivity contribution in [2.24, 2.45) is 0 Å². The number of thioether (sulfide) groups is 1. The number of aryl methyl sites for hydroxylation is 1. The zero-order valence-corrected chi connectivity index (χ0v) is 17.6. The van der Waals surface area contributed by atoms with Crippen LogP contribution in [0.4, 0.5) is 5.69 Å². The van der Waals surface area contributed by atoms with Gasteiger partial charge in [0.15, 0.2) is 0 Å². The summed E-state index contributed by atoms with van der Waals surface area (Å²) in [6, 6.07) is 14.9. The van der Waals surface area contributed by atoms with Crippen LogP contribution in [0.5, 0.6) is 5.75 Å². The van der Waals surface area contributed by atoms with Crippen LogP contribution >= 0.6 is 27.7 Å². The molecule has 2 heterocycles. The predicted molar refractivity (Wildman–Crippen MR) is 112 cm³/mol. The molecule has 2 atom stereocenters. The SMILES string of the molecule is COc1ccc([C@@H]2Nn3c(C)nnc3S[C@H]2C(=O)Nc2ccc(Br)cc2)cc1. The van der Waals surface area contributed by atoms with Crippen LogP contribution < -0.4 is 15.5 Å². The lowest BCUT2D eigenvalue weighted by atomic mass is 10.0. The topological polar surface area (TPSA) is 81.1 Å². The van der Waals surface area contributed by atoms with Gasteiger partial charge < -0.3 is 15.5 Å². The number of hydrogen-bond donors (Lipinski definition) is 2. The second-order valence-electron chi connectivity index (χ2n) is 6.28. The fourth-order valence-corrected chi connectivity index (χ4v) is 4.36. The second-order valence-corrected chi connectivity index (χ2v) is 8.30. The minimum Gasteiger partial charge on any atom is -0.497 e. The summed E-state index contributed by atoms with van der Waals surface area (Å²) in [4.78, 5) is 13.1. The summed E-state index contributed by atoms with van der Waals surface area (Å²) < 4.78 is 8.03. The summed E-state index contributed by atoms with van der Waals surface area (Å²) in [5.41, 5.74) is 5.10. The maximum Gasteiger partial charge on any atom is 0.240 e. The van der Waals surface area contributed by atoms with Crippen LogP contribution in [0.1, 0.15) is 17.4 Å². The Bertz CT molecular complexity index is 991. The highest BCUT2D eigenvalue weighted by Crippen LogP contribution is 2.37.